The molecule has 0 amide bonds. The lowest BCUT2D eigenvalue weighted by Gasteiger charge is -2.26. The van der Waals surface area contributed by atoms with Gasteiger partial charge in [0.1, 0.15) is 0 Å². The zero-order chi connectivity index (χ0) is 26.9. The minimum atomic E-state index is -0.203. The van der Waals surface area contributed by atoms with E-state index in [2.05, 4.69) is 123 Å². The minimum Gasteiger partial charge on any atom is -0.140 e. The first-order valence-electron chi connectivity index (χ1n) is 13.1. The first kappa shape index (κ1) is 25.2. The normalized spacial score (nSPS) is 23.6. The van der Waals surface area contributed by atoms with Gasteiger partial charge >= 0.3 is 0 Å². The molecule has 6 heteroatoms. The van der Waals surface area contributed by atoms with Gasteiger partial charge in [0.25, 0.3) is 0 Å². The maximum absolute atomic E-state index is 2.41. The van der Waals surface area contributed by atoms with Crippen molar-refractivity contribution in [3.05, 3.63) is 131 Å². The van der Waals surface area contributed by atoms with Gasteiger partial charge in [0, 0.05) is 58.5 Å². The minimum absolute atomic E-state index is 0.203. The van der Waals surface area contributed by atoms with Crippen molar-refractivity contribution >= 4 is 104 Å². The smallest absolute Gasteiger partial charge is 0.0704 e. The molecule has 0 unspecified atom stereocenters. The molecule has 14 bridgehead atoms. The van der Waals surface area contributed by atoms with Crippen LogP contribution in [-0.2, 0) is 10.8 Å². The molecule has 0 nitrogen and oxygen atoms in total. The van der Waals surface area contributed by atoms with Gasteiger partial charge in [-0.1, -0.05) is 0 Å². The molecule has 9 heterocycles. The molecule has 40 heavy (non-hydrogen) atoms. The third kappa shape index (κ3) is 4.00. The van der Waals surface area contributed by atoms with E-state index in [9.17, 15) is 0 Å². The summed E-state index contributed by atoms with van der Waals surface area (Å²) >= 11 is 11.5. The van der Waals surface area contributed by atoms with Crippen molar-refractivity contribution in [3.63, 3.8) is 0 Å². The van der Waals surface area contributed by atoms with Crippen LogP contribution in [0.2, 0.25) is 0 Å². The predicted octanol–water partition coefficient (Wildman–Crippen LogP) is 11.9. The van der Waals surface area contributed by atoms with E-state index < -0.39 is 0 Å². The van der Waals surface area contributed by atoms with Crippen LogP contribution in [-0.4, -0.2) is 0 Å². The summed E-state index contributed by atoms with van der Waals surface area (Å²) in [5.41, 5.74) is -0.406. The van der Waals surface area contributed by atoms with Crippen LogP contribution in [0.15, 0.2) is 72.8 Å². The van der Waals surface area contributed by atoms with E-state index in [1.807, 2.05) is 68.0 Å². The highest BCUT2D eigenvalue weighted by Gasteiger charge is 2.37. The molecule has 0 saturated carbocycles. The van der Waals surface area contributed by atoms with Crippen LogP contribution >= 0.6 is 68.0 Å². The van der Waals surface area contributed by atoms with Crippen LogP contribution in [0.3, 0.4) is 0 Å². The highest BCUT2D eigenvalue weighted by Crippen LogP contribution is 2.50. The summed E-state index contributed by atoms with van der Waals surface area (Å²) in [4.78, 5) is 16.1. The van der Waals surface area contributed by atoms with Crippen LogP contribution in [0.25, 0.3) is 36.5 Å². The summed E-state index contributed by atoms with van der Waals surface area (Å²) in [7, 11) is 0. The van der Waals surface area contributed by atoms with Crippen LogP contribution in [0.5, 0.6) is 0 Å². The van der Waals surface area contributed by atoms with Crippen molar-refractivity contribution in [1.29, 1.82) is 0 Å². The molecule has 0 fully saturated rings. The molecule has 0 saturated heterocycles. The maximum Gasteiger partial charge on any atom is 0.0704 e. The second-order valence-electron chi connectivity index (χ2n) is 10.5. The van der Waals surface area contributed by atoms with E-state index in [0.29, 0.717) is 0 Å². The highest BCUT2D eigenvalue weighted by atomic mass is 32.1. The van der Waals surface area contributed by atoms with Crippen LogP contribution in [0, 0.1) is 0 Å². The quantitative estimate of drug-likeness (QED) is 0.158. The molecule has 3 aliphatic rings. The second-order valence-corrected chi connectivity index (χ2v) is 17.2. The van der Waals surface area contributed by atoms with Gasteiger partial charge < -0.3 is 0 Å². The lowest BCUT2D eigenvalue weighted by Crippen LogP contribution is -2.21. The van der Waals surface area contributed by atoms with Crippen molar-refractivity contribution in [2.24, 2.45) is 0 Å². The van der Waals surface area contributed by atoms with E-state index in [-0.39, 0.29) is 10.8 Å². The Kier molecular flexibility index (Phi) is 5.96. The van der Waals surface area contributed by atoms with Gasteiger partial charge in [-0.3, -0.25) is 0 Å². The van der Waals surface area contributed by atoms with Gasteiger partial charge in [-0.15, -0.1) is 68.0 Å². The Morgan fingerprint density at radius 2 is 0.475 bits per heavy atom. The Balaban J connectivity index is 1.45. The maximum atomic E-state index is 2.41. The Labute approximate surface area is 258 Å². The standard InChI is InChI=1S/C34H24S6/c1-33-27-15-9-21(35-27)3-6-24-12-18-30(38-24)34(2,31-19-13-25(39-31)7-4-22-10-16-28(33)36-22)32-20-14-26(40-32)8-5-23-11-17-29(33)37-23/h3-20H,1-2H3/b6-3+,7-4+,8-5+. The largest absolute Gasteiger partial charge is 0.140 e. The zero-order valence-corrected chi connectivity index (χ0v) is 26.7. The van der Waals surface area contributed by atoms with E-state index >= 15 is 0 Å². The summed E-state index contributed by atoms with van der Waals surface area (Å²) in [6.07, 6.45) is 13.8. The Bertz CT molecular complexity index is 1590. The molecule has 6 aromatic heterocycles. The van der Waals surface area contributed by atoms with Crippen molar-refractivity contribution in [3.8, 4) is 0 Å². The van der Waals surface area contributed by atoms with Crippen molar-refractivity contribution < 1.29 is 0 Å². The van der Waals surface area contributed by atoms with Crippen molar-refractivity contribution in [2.75, 3.05) is 0 Å². The molecule has 0 spiro atoms. The highest BCUT2D eigenvalue weighted by molar-refractivity contribution is 7.18. The summed E-state index contributed by atoms with van der Waals surface area (Å²) in [6.45, 7) is 4.82. The fourth-order valence-electron chi connectivity index (χ4n) is 5.49. The molecule has 196 valence electrons. The average molecular weight is 625 g/mol. The van der Waals surface area contributed by atoms with E-state index in [1.54, 1.807) is 0 Å². The average Bonchev–Trinajstić information content (AvgIpc) is 3.80. The Morgan fingerprint density at radius 1 is 0.300 bits per heavy atom. The summed E-state index contributed by atoms with van der Waals surface area (Å²) < 4.78 is 0. The Morgan fingerprint density at radius 3 is 0.650 bits per heavy atom. The fourth-order valence-corrected chi connectivity index (χ4v) is 12.4. The van der Waals surface area contributed by atoms with Gasteiger partial charge in [-0.25, -0.2) is 0 Å². The lowest BCUT2D eigenvalue weighted by atomic mass is 9.85. The summed E-state index contributed by atoms with van der Waals surface area (Å²) in [6, 6.07) is 27.8. The molecule has 0 aromatic carbocycles. The van der Waals surface area contributed by atoms with Gasteiger partial charge in [0.05, 0.1) is 10.8 Å². The summed E-state index contributed by atoms with van der Waals surface area (Å²) in [5, 5.41) is 0. The first-order chi connectivity index (χ1) is 19.5. The third-order valence-electron chi connectivity index (χ3n) is 7.95. The van der Waals surface area contributed by atoms with Crippen LogP contribution in [0.1, 0.15) is 72.4 Å². The number of hydrogen-bond acceptors (Lipinski definition) is 6. The number of rotatable bonds is 0. The molecular weight excluding hydrogens is 601 g/mol. The molecule has 0 N–H and O–H groups in total. The molecule has 3 aliphatic heterocycles. The molecule has 6 aromatic rings. The molecular formula is C34H24S6. The first-order valence-corrected chi connectivity index (χ1v) is 18.0. The van der Waals surface area contributed by atoms with Gasteiger partial charge in [0.15, 0.2) is 0 Å². The lowest BCUT2D eigenvalue weighted by molar-refractivity contribution is 0.744. The van der Waals surface area contributed by atoms with Crippen molar-refractivity contribution in [1.82, 2.24) is 0 Å². The third-order valence-corrected chi connectivity index (χ3v) is 15.6. The molecule has 0 radical (unpaired) electrons. The Hall–Kier alpha value is -2.58. The zero-order valence-electron chi connectivity index (χ0n) is 21.8. The second kappa shape index (κ2) is 9.48. The SMILES string of the molecule is CC12c3ccc(s3)/C=C/c3ccc(s3)C(C)(c3ccc(s3)/C=C/c3ccc1s3)c1ccc(s1)/C=C/c1ccc2s1. The van der Waals surface area contributed by atoms with Gasteiger partial charge in [-0.05, 0) is 123 Å². The molecule has 9 rings (SSSR count). The fraction of sp³-hybridized carbons (Fsp3) is 0.118. The summed E-state index contributed by atoms with van der Waals surface area (Å²) in [5.74, 6) is 0. The number of hydrogen-bond donors (Lipinski definition) is 0. The topological polar surface area (TPSA) is 0 Å². The predicted molar refractivity (Wildman–Crippen MR) is 184 cm³/mol. The van der Waals surface area contributed by atoms with E-state index in [0.717, 1.165) is 0 Å². The van der Waals surface area contributed by atoms with Gasteiger partial charge in [-0.2, -0.15) is 0 Å². The van der Waals surface area contributed by atoms with Crippen molar-refractivity contribution in [2.45, 2.75) is 24.7 Å². The van der Waals surface area contributed by atoms with E-state index in [1.165, 1.54) is 58.5 Å². The molecule has 0 atom stereocenters. The monoisotopic (exact) mass is 624 g/mol. The van der Waals surface area contributed by atoms with Crippen LogP contribution < -0.4 is 0 Å². The number of thiophene rings is 6. The van der Waals surface area contributed by atoms with Crippen LogP contribution in [0.4, 0.5) is 0 Å². The molecule has 0 aliphatic carbocycles. The van der Waals surface area contributed by atoms with Gasteiger partial charge in [0.2, 0.25) is 0 Å². The van der Waals surface area contributed by atoms with E-state index in [4.69, 9.17) is 0 Å².